The third kappa shape index (κ3) is 0.926. The topological polar surface area (TPSA) is 37.4 Å². The summed E-state index contributed by atoms with van der Waals surface area (Å²) in [6, 6.07) is 0. The van der Waals surface area contributed by atoms with Crippen molar-refractivity contribution in [1.82, 2.24) is 4.90 Å². The minimum absolute atomic E-state index is 0.00215. The molecule has 1 saturated heterocycles. The van der Waals surface area contributed by atoms with Gasteiger partial charge in [-0.25, -0.2) is 0 Å². The Morgan fingerprint density at radius 1 is 1.24 bits per heavy atom. The van der Waals surface area contributed by atoms with Crippen molar-refractivity contribution in [2.24, 2.45) is 22.2 Å². The van der Waals surface area contributed by atoms with Crippen LogP contribution in [0.15, 0.2) is 0 Å². The molecule has 1 aliphatic heterocycles. The summed E-state index contributed by atoms with van der Waals surface area (Å²) >= 11 is 0. The summed E-state index contributed by atoms with van der Waals surface area (Å²) in [6.07, 6.45) is 3.68. The highest BCUT2D eigenvalue weighted by atomic mass is 16.2. The van der Waals surface area contributed by atoms with E-state index in [1.165, 1.54) is 11.3 Å². The van der Waals surface area contributed by atoms with Crippen LogP contribution in [0.1, 0.15) is 46.5 Å². The first-order valence-corrected chi connectivity index (χ1v) is 6.57. The van der Waals surface area contributed by atoms with Crippen LogP contribution in [0.5, 0.6) is 0 Å². The Hall–Kier alpha value is -0.860. The molecule has 3 nitrogen and oxygen atoms in total. The van der Waals surface area contributed by atoms with Gasteiger partial charge in [0.1, 0.15) is 0 Å². The highest BCUT2D eigenvalue weighted by Crippen LogP contribution is 2.75. The van der Waals surface area contributed by atoms with Gasteiger partial charge in [-0.2, -0.15) is 0 Å². The summed E-state index contributed by atoms with van der Waals surface area (Å²) < 4.78 is 0. The first-order valence-electron chi connectivity index (χ1n) is 6.57. The van der Waals surface area contributed by atoms with Crippen LogP contribution in [0.25, 0.3) is 0 Å². The molecule has 94 valence electrons. The van der Waals surface area contributed by atoms with Crippen molar-refractivity contribution in [3.8, 4) is 0 Å². The highest BCUT2D eigenvalue weighted by molar-refractivity contribution is 6.06. The Balaban J connectivity index is 2.14. The second kappa shape index (κ2) is 2.76. The minimum atomic E-state index is -0.384. The number of carbonyl (C=O) groups excluding carboxylic acids is 2. The first-order chi connectivity index (χ1) is 7.76. The number of imide groups is 1. The van der Waals surface area contributed by atoms with Crippen molar-refractivity contribution >= 4 is 11.8 Å². The molecule has 0 radical (unpaired) electrons. The highest BCUT2D eigenvalue weighted by Gasteiger charge is 2.74. The molecular formula is C14H21NO2. The van der Waals surface area contributed by atoms with E-state index in [9.17, 15) is 9.59 Å². The van der Waals surface area contributed by atoms with Crippen molar-refractivity contribution in [3.05, 3.63) is 0 Å². The molecule has 3 aliphatic rings. The molecule has 2 bridgehead atoms. The molecule has 0 N–H and O–H groups in total. The number of fused-ring (bicyclic) bond motifs is 3. The second-order valence-corrected chi connectivity index (χ2v) is 7.01. The summed E-state index contributed by atoms with van der Waals surface area (Å²) in [4.78, 5) is 25.8. The quantitative estimate of drug-likeness (QED) is 0.604. The summed E-state index contributed by atoms with van der Waals surface area (Å²) in [5.41, 5.74) is -0.193. The van der Waals surface area contributed by atoms with Gasteiger partial charge in [0.15, 0.2) is 0 Å². The van der Waals surface area contributed by atoms with Gasteiger partial charge in [0, 0.05) is 13.5 Å². The fourth-order valence-electron chi connectivity index (χ4n) is 4.93. The van der Waals surface area contributed by atoms with Gasteiger partial charge in [-0.1, -0.05) is 20.8 Å². The molecule has 3 heteroatoms. The van der Waals surface area contributed by atoms with Crippen molar-refractivity contribution in [2.75, 3.05) is 7.05 Å². The maximum Gasteiger partial charge on any atom is 0.236 e. The molecule has 3 atom stereocenters. The molecule has 0 aromatic rings. The zero-order valence-electron chi connectivity index (χ0n) is 11.2. The normalized spacial score (nSPS) is 47.5. The lowest BCUT2D eigenvalue weighted by Crippen LogP contribution is -2.46. The molecule has 0 aromatic carbocycles. The average Bonchev–Trinajstić information content (AvgIpc) is 2.67. The number of carbonyl (C=O) groups is 2. The summed E-state index contributed by atoms with van der Waals surface area (Å²) in [5.74, 6) is 0.704. The molecule has 0 unspecified atom stereocenters. The van der Waals surface area contributed by atoms with Crippen LogP contribution in [0, 0.1) is 22.2 Å². The molecule has 17 heavy (non-hydrogen) atoms. The fraction of sp³-hybridized carbons (Fsp3) is 0.857. The summed E-state index contributed by atoms with van der Waals surface area (Å²) in [5, 5.41) is 0. The van der Waals surface area contributed by atoms with Crippen LogP contribution in [-0.2, 0) is 9.59 Å². The van der Waals surface area contributed by atoms with Crippen LogP contribution >= 0.6 is 0 Å². The van der Waals surface area contributed by atoms with Crippen molar-refractivity contribution in [2.45, 2.75) is 46.5 Å². The molecule has 2 amide bonds. The van der Waals surface area contributed by atoms with Gasteiger partial charge in [-0.3, -0.25) is 14.5 Å². The van der Waals surface area contributed by atoms with Crippen LogP contribution in [0.4, 0.5) is 0 Å². The van der Waals surface area contributed by atoms with E-state index in [0.717, 1.165) is 12.8 Å². The molecular weight excluding hydrogens is 214 g/mol. The molecule has 3 fully saturated rings. The Morgan fingerprint density at radius 2 is 1.88 bits per heavy atom. The van der Waals surface area contributed by atoms with Crippen LogP contribution in [0.3, 0.4) is 0 Å². The Labute approximate surface area is 103 Å². The van der Waals surface area contributed by atoms with E-state index in [1.807, 2.05) is 0 Å². The summed E-state index contributed by atoms with van der Waals surface area (Å²) in [7, 11) is 1.64. The van der Waals surface area contributed by atoms with E-state index in [1.54, 1.807) is 7.05 Å². The number of amides is 2. The minimum Gasteiger partial charge on any atom is -0.285 e. The van der Waals surface area contributed by atoms with Crippen molar-refractivity contribution < 1.29 is 9.59 Å². The van der Waals surface area contributed by atoms with Gasteiger partial charge in [-0.15, -0.1) is 0 Å². The SMILES string of the molecule is CN1C(=O)C[C@@]2(C[C@H]3CC[C@@]2(C)C3(C)C)C1=O. The molecule has 1 heterocycles. The lowest BCUT2D eigenvalue weighted by Gasteiger charge is -2.44. The van der Waals surface area contributed by atoms with Crippen molar-refractivity contribution in [1.29, 1.82) is 0 Å². The molecule has 2 saturated carbocycles. The van der Waals surface area contributed by atoms with Crippen LogP contribution in [-0.4, -0.2) is 23.8 Å². The van der Waals surface area contributed by atoms with Gasteiger partial charge in [0.25, 0.3) is 0 Å². The van der Waals surface area contributed by atoms with Gasteiger partial charge >= 0.3 is 0 Å². The first kappa shape index (κ1) is 11.2. The predicted octanol–water partition coefficient (Wildman–Crippen LogP) is 2.21. The largest absolute Gasteiger partial charge is 0.285 e. The standard InChI is InChI=1S/C14H21NO2/c1-12(2)9-5-6-13(12,3)14(7-9)8-10(16)15(4)11(14)17/h9H,5-8H2,1-4H3/t9-,13+,14+/m1/s1. The number of likely N-dealkylation sites (tertiary alicyclic amines) is 1. The van der Waals surface area contributed by atoms with E-state index < -0.39 is 0 Å². The predicted molar refractivity (Wildman–Crippen MR) is 64.1 cm³/mol. The molecule has 2 aliphatic carbocycles. The van der Waals surface area contributed by atoms with Gasteiger partial charge < -0.3 is 0 Å². The number of hydrogen-bond donors (Lipinski definition) is 0. The van der Waals surface area contributed by atoms with Crippen LogP contribution < -0.4 is 0 Å². The van der Waals surface area contributed by atoms with E-state index in [4.69, 9.17) is 0 Å². The molecule has 3 rings (SSSR count). The van der Waals surface area contributed by atoms with Crippen molar-refractivity contribution in [3.63, 3.8) is 0 Å². The lowest BCUT2D eigenvalue weighted by molar-refractivity contribution is -0.144. The Bertz CT molecular complexity index is 428. The van der Waals surface area contributed by atoms with E-state index in [0.29, 0.717) is 12.3 Å². The smallest absolute Gasteiger partial charge is 0.236 e. The Kier molecular flexibility index (Phi) is 1.82. The van der Waals surface area contributed by atoms with E-state index in [-0.39, 0.29) is 28.1 Å². The maximum absolute atomic E-state index is 12.5. The van der Waals surface area contributed by atoms with Gasteiger partial charge in [0.2, 0.25) is 11.8 Å². The molecule has 0 aromatic heterocycles. The summed E-state index contributed by atoms with van der Waals surface area (Å²) in [6.45, 7) is 6.81. The van der Waals surface area contributed by atoms with Gasteiger partial charge in [0.05, 0.1) is 5.41 Å². The number of nitrogens with zero attached hydrogens (tertiary/aromatic N) is 1. The average molecular weight is 235 g/mol. The number of rotatable bonds is 0. The van der Waals surface area contributed by atoms with Gasteiger partial charge in [-0.05, 0) is 36.0 Å². The third-order valence-electron chi connectivity index (χ3n) is 6.63. The monoisotopic (exact) mass is 235 g/mol. The maximum atomic E-state index is 12.5. The van der Waals surface area contributed by atoms with E-state index >= 15 is 0 Å². The zero-order valence-corrected chi connectivity index (χ0v) is 11.2. The number of hydrogen-bond acceptors (Lipinski definition) is 2. The zero-order chi connectivity index (χ0) is 12.6. The lowest BCUT2D eigenvalue weighted by atomic mass is 9.57. The molecule has 1 spiro atoms. The van der Waals surface area contributed by atoms with Crippen LogP contribution in [0.2, 0.25) is 0 Å². The fourth-order valence-corrected chi connectivity index (χ4v) is 4.93. The Morgan fingerprint density at radius 3 is 2.24 bits per heavy atom. The second-order valence-electron chi connectivity index (χ2n) is 7.01. The van der Waals surface area contributed by atoms with E-state index in [2.05, 4.69) is 20.8 Å². The third-order valence-corrected chi connectivity index (χ3v) is 6.63.